The van der Waals surface area contributed by atoms with Crippen LogP contribution in [0.2, 0.25) is 0 Å². The number of carbonyl (C=O) groups excluding carboxylic acids is 1. The summed E-state index contributed by atoms with van der Waals surface area (Å²) in [7, 11) is -1.23. The summed E-state index contributed by atoms with van der Waals surface area (Å²) < 4.78 is 36.9. The molecule has 1 N–H and O–H groups in total. The van der Waals surface area contributed by atoms with E-state index in [0.717, 1.165) is 0 Å². The molecule has 138 valence electrons. The van der Waals surface area contributed by atoms with Crippen LogP contribution in [0.1, 0.15) is 22.3 Å². The lowest BCUT2D eigenvalue weighted by molar-refractivity contribution is 0.0950. The number of nitrogens with zero attached hydrogens (tertiary/aromatic N) is 2. The van der Waals surface area contributed by atoms with Crippen LogP contribution in [0.3, 0.4) is 0 Å². The summed E-state index contributed by atoms with van der Waals surface area (Å²) in [5.41, 5.74) is 0.794. The second-order valence-electron chi connectivity index (χ2n) is 6.34. The SMILES string of the molecule is CN(c1cc(C(=O)NCc2ccccc2F)ccn1)C1CCS(=O)(=O)C1. The van der Waals surface area contributed by atoms with Gasteiger partial charge in [-0.2, -0.15) is 0 Å². The summed E-state index contributed by atoms with van der Waals surface area (Å²) in [6.07, 6.45) is 2.05. The summed E-state index contributed by atoms with van der Waals surface area (Å²) in [6.45, 7) is 0.0832. The van der Waals surface area contributed by atoms with Crippen molar-refractivity contribution >= 4 is 21.6 Å². The molecule has 0 spiro atoms. The topological polar surface area (TPSA) is 79.4 Å². The van der Waals surface area contributed by atoms with Crippen LogP contribution in [-0.4, -0.2) is 43.9 Å². The second-order valence-corrected chi connectivity index (χ2v) is 8.57. The van der Waals surface area contributed by atoms with Gasteiger partial charge in [-0.3, -0.25) is 4.79 Å². The summed E-state index contributed by atoms with van der Waals surface area (Å²) >= 11 is 0. The number of nitrogens with one attached hydrogen (secondary N) is 1. The lowest BCUT2D eigenvalue weighted by Gasteiger charge is -2.24. The Morgan fingerprint density at radius 2 is 2.12 bits per heavy atom. The first-order chi connectivity index (χ1) is 12.4. The molecule has 1 saturated heterocycles. The van der Waals surface area contributed by atoms with Gasteiger partial charge in [-0.05, 0) is 24.6 Å². The van der Waals surface area contributed by atoms with E-state index in [2.05, 4.69) is 10.3 Å². The van der Waals surface area contributed by atoms with Crippen molar-refractivity contribution in [2.45, 2.75) is 19.0 Å². The normalized spacial score (nSPS) is 18.5. The van der Waals surface area contributed by atoms with Crippen molar-refractivity contribution in [3.8, 4) is 0 Å². The van der Waals surface area contributed by atoms with Gasteiger partial charge in [0.05, 0.1) is 11.5 Å². The Kier molecular flexibility index (Phi) is 5.22. The van der Waals surface area contributed by atoms with Gasteiger partial charge in [0.1, 0.15) is 11.6 Å². The highest BCUT2D eigenvalue weighted by Crippen LogP contribution is 2.22. The van der Waals surface area contributed by atoms with Crippen LogP contribution in [0.5, 0.6) is 0 Å². The molecule has 1 fully saturated rings. The Hall–Kier alpha value is -2.48. The first-order valence-corrected chi connectivity index (χ1v) is 10.1. The van der Waals surface area contributed by atoms with Gasteiger partial charge in [-0.15, -0.1) is 0 Å². The summed E-state index contributed by atoms with van der Waals surface area (Å²) in [5.74, 6) is 0.0834. The maximum Gasteiger partial charge on any atom is 0.251 e. The zero-order valence-corrected chi connectivity index (χ0v) is 15.2. The summed E-state index contributed by atoms with van der Waals surface area (Å²) in [6, 6.07) is 9.29. The Labute approximate surface area is 152 Å². The lowest BCUT2D eigenvalue weighted by atomic mass is 10.2. The summed E-state index contributed by atoms with van der Waals surface area (Å²) in [5, 5.41) is 2.68. The number of carbonyl (C=O) groups is 1. The van der Waals surface area contributed by atoms with Gasteiger partial charge in [-0.25, -0.2) is 17.8 Å². The standard InChI is InChI=1S/C18H20FN3O3S/c1-22(15-7-9-26(24,25)12-15)17-10-13(6-8-20-17)18(23)21-11-14-4-2-3-5-16(14)19/h2-6,8,10,15H,7,9,11-12H2,1H3,(H,21,23). The number of rotatable bonds is 5. The Bertz CT molecular complexity index is 917. The van der Waals surface area contributed by atoms with Gasteiger partial charge >= 0.3 is 0 Å². The molecule has 1 aromatic heterocycles. The molecule has 6 nitrogen and oxygen atoms in total. The first kappa shape index (κ1) is 18.3. The maximum absolute atomic E-state index is 13.6. The quantitative estimate of drug-likeness (QED) is 0.859. The van der Waals surface area contributed by atoms with E-state index in [1.165, 1.54) is 12.3 Å². The lowest BCUT2D eigenvalue weighted by Crippen LogP contribution is -2.33. The molecule has 3 rings (SSSR count). The highest BCUT2D eigenvalue weighted by Gasteiger charge is 2.31. The molecule has 2 aromatic rings. The fraction of sp³-hybridized carbons (Fsp3) is 0.333. The van der Waals surface area contributed by atoms with Crippen molar-refractivity contribution in [2.75, 3.05) is 23.5 Å². The van der Waals surface area contributed by atoms with Gasteiger partial charge in [0.2, 0.25) is 0 Å². The molecule has 0 bridgehead atoms. The van der Waals surface area contributed by atoms with E-state index < -0.39 is 9.84 Å². The summed E-state index contributed by atoms with van der Waals surface area (Å²) in [4.78, 5) is 18.4. The molecule has 1 atom stereocenters. The largest absolute Gasteiger partial charge is 0.356 e. The van der Waals surface area contributed by atoms with E-state index in [-0.39, 0.29) is 35.8 Å². The van der Waals surface area contributed by atoms with Crippen molar-refractivity contribution in [1.29, 1.82) is 0 Å². The number of pyridine rings is 1. The molecule has 1 unspecified atom stereocenters. The molecule has 0 saturated carbocycles. The molecular weight excluding hydrogens is 357 g/mol. The number of aromatic nitrogens is 1. The molecule has 26 heavy (non-hydrogen) atoms. The number of halogens is 1. The van der Waals surface area contributed by atoms with E-state index >= 15 is 0 Å². The number of anilines is 1. The third kappa shape index (κ3) is 4.19. The minimum Gasteiger partial charge on any atom is -0.356 e. The van der Waals surface area contributed by atoms with Crippen LogP contribution in [-0.2, 0) is 16.4 Å². The van der Waals surface area contributed by atoms with Crippen molar-refractivity contribution in [3.63, 3.8) is 0 Å². The van der Waals surface area contributed by atoms with E-state index in [4.69, 9.17) is 0 Å². The fourth-order valence-electron chi connectivity index (χ4n) is 2.94. The van der Waals surface area contributed by atoms with Gasteiger partial charge in [0, 0.05) is 37.0 Å². The maximum atomic E-state index is 13.6. The second kappa shape index (κ2) is 7.41. The van der Waals surface area contributed by atoms with Crippen molar-refractivity contribution in [3.05, 3.63) is 59.5 Å². The Morgan fingerprint density at radius 1 is 1.35 bits per heavy atom. The third-order valence-electron chi connectivity index (χ3n) is 4.52. The van der Waals surface area contributed by atoms with Crippen LogP contribution in [0.4, 0.5) is 10.2 Å². The van der Waals surface area contributed by atoms with Crippen molar-refractivity contribution in [2.24, 2.45) is 0 Å². The van der Waals surface area contributed by atoms with E-state index in [1.807, 2.05) is 0 Å². The highest BCUT2D eigenvalue weighted by molar-refractivity contribution is 7.91. The smallest absolute Gasteiger partial charge is 0.251 e. The third-order valence-corrected chi connectivity index (χ3v) is 6.27. The number of sulfone groups is 1. The number of benzene rings is 1. The molecule has 0 radical (unpaired) electrons. The van der Waals surface area contributed by atoms with Crippen molar-refractivity contribution < 1.29 is 17.6 Å². The molecule has 1 aromatic carbocycles. The number of amides is 1. The molecule has 1 amide bonds. The zero-order chi connectivity index (χ0) is 18.7. The molecule has 1 aliphatic rings. The monoisotopic (exact) mass is 377 g/mol. The fourth-order valence-corrected chi connectivity index (χ4v) is 4.71. The van der Waals surface area contributed by atoms with Gasteiger partial charge in [0.25, 0.3) is 5.91 Å². The zero-order valence-electron chi connectivity index (χ0n) is 14.4. The minimum absolute atomic E-state index is 0.0832. The van der Waals surface area contributed by atoms with Gasteiger partial charge in [-0.1, -0.05) is 18.2 Å². The van der Waals surface area contributed by atoms with Gasteiger partial charge in [0.15, 0.2) is 9.84 Å². The molecule has 0 aliphatic carbocycles. The molecular formula is C18H20FN3O3S. The van der Waals surface area contributed by atoms with Crippen LogP contribution in [0, 0.1) is 5.82 Å². The van der Waals surface area contributed by atoms with Crippen molar-refractivity contribution in [1.82, 2.24) is 10.3 Å². The average Bonchev–Trinajstić information content (AvgIpc) is 3.00. The van der Waals surface area contributed by atoms with Crippen LogP contribution < -0.4 is 10.2 Å². The average molecular weight is 377 g/mol. The van der Waals surface area contributed by atoms with E-state index in [0.29, 0.717) is 23.4 Å². The first-order valence-electron chi connectivity index (χ1n) is 8.26. The van der Waals surface area contributed by atoms with Gasteiger partial charge < -0.3 is 10.2 Å². The highest BCUT2D eigenvalue weighted by atomic mass is 32.2. The Balaban J connectivity index is 1.68. The number of hydrogen-bond donors (Lipinski definition) is 1. The predicted octanol–water partition coefficient (Wildman–Crippen LogP) is 1.77. The Morgan fingerprint density at radius 3 is 2.81 bits per heavy atom. The molecule has 8 heteroatoms. The molecule has 2 heterocycles. The van der Waals surface area contributed by atoms with Crippen LogP contribution >= 0.6 is 0 Å². The van der Waals surface area contributed by atoms with E-state index in [9.17, 15) is 17.6 Å². The predicted molar refractivity (Wildman–Crippen MR) is 97.3 cm³/mol. The van der Waals surface area contributed by atoms with Crippen LogP contribution in [0.15, 0.2) is 42.6 Å². The number of hydrogen-bond acceptors (Lipinski definition) is 5. The molecule has 1 aliphatic heterocycles. The minimum atomic E-state index is -3.00. The van der Waals surface area contributed by atoms with Crippen LogP contribution in [0.25, 0.3) is 0 Å². The van der Waals surface area contributed by atoms with E-state index in [1.54, 1.807) is 42.3 Å².